The average Bonchev–Trinajstić information content (AvgIpc) is 3.49. The number of carbonyl (C=O) groups is 6. The highest BCUT2D eigenvalue weighted by Gasteiger charge is 2.30. The molecule has 4 amide bonds. The van der Waals surface area contributed by atoms with Crippen LogP contribution in [0.5, 0.6) is 0 Å². The Bertz CT molecular complexity index is 1420. The summed E-state index contributed by atoms with van der Waals surface area (Å²) in [5.74, 6) is -4.85. The van der Waals surface area contributed by atoms with Gasteiger partial charge in [0, 0.05) is 44.2 Å². The van der Waals surface area contributed by atoms with Crippen LogP contribution in [0.2, 0.25) is 0 Å². The number of unbranched alkanes of at least 4 members (excludes halogenated alkanes) is 2. The lowest BCUT2D eigenvalue weighted by Crippen LogP contribution is -2.51. The van der Waals surface area contributed by atoms with E-state index in [0.29, 0.717) is 24.5 Å². The van der Waals surface area contributed by atoms with Crippen LogP contribution >= 0.6 is 0 Å². The molecule has 0 unspecified atom stereocenters. The molecule has 2 rings (SSSR count). The molecule has 0 aromatic carbocycles. The monoisotopic (exact) mass is 745 g/mol. The van der Waals surface area contributed by atoms with Crippen LogP contribution in [-0.2, 0) is 41.6 Å². The number of H-pyrrole nitrogens is 1. The predicted molar refractivity (Wildman–Crippen MR) is 199 cm³/mol. The third kappa shape index (κ3) is 17.2. The van der Waals surface area contributed by atoms with Crippen LogP contribution in [-0.4, -0.2) is 107 Å². The molecule has 0 saturated carbocycles. The molecule has 53 heavy (non-hydrogen) atoms. The molecule has 1 aliphatic carbocycles. The first-order valence-corrected chi connectivity index (χ1v) is 18.5. The second-order valence-corrected chi connectivity index (χ2v) is 13.6. The van der Waals surface area contributed by atoms with Crippen molar-refractivity contribution in [3.05, 3.63) is 41.2 Å². The van der Waals surface area contributed by atoms with Crippen molar-refractivity contribution in [3.8, 4) is 0 Å². The molecule has 5 atom stereocenters. The van der Waals surface area contributed by atoms with Crippen LogP contribution in [0.25, 0.3) is 6.08 Å². The molecule has 296 valence electrons. The molecule has 0 saturated heterocycles. The number of amides is 4. The number of allylic oxidation sites excluding steroid dienone is 1. The summed E-state index contributed by atoms with van der Waals surface area (Å²) >= 11 is 0. The number of aliphatic carboxylic acids is 2. The van der Waals surface area contributed by atoms with Crippen molar-refractivity contribution in [1.29, 1.82) is 0 Å². The molecular weight excluding hydrogens is 686 g/mol. The van der Waals surface area contributed by atoms with E-state index in [1.807, 2.05) is 12.3 Å². The van der Waals surface area contributed by atoms with E-state index in [0.717, 1.165) is 49.0 Å². The van der Waals surface area contributed by atoms with Crippen LogP contribution in [0.15, 0.2) is 24.4 Å². The summed E-state index contributed by atoms with van der Waals surface area (Å²) < 4.78 is 0. The molecule has 1 aromatic heterocycles. The van der Waals surface area contributed by atoms with E-state index >= 15 is 0 Å². The fourth-order valence-electron chi connectivity index (χ4n) is 5.84. The van der Waals surface area contributed by atoms with Gasteiger partial charge in [0.2, 0.25) is 23.6 Å². The van der Waals surface area contributed by atoms with Gasteiger partial charge in [-0.25, -0.2) is 4.79 Å². The molecule has 1 heterocycles. The molecule has 16 nitrogen and oxygen atoms in total. The molecule has 1 aliphatic rings. The standard InChI is InChI=1S/C37H59N7O9/c1-5-6-7-15-38-16-13-27(24(3)20-42-33(47)22-40-25(4)45)35(50)44-31(19-26-21-41-30-18-23(2)11-12-28(26)30)36(51)39-17-14-29(37(52)53)43-32(46)9-8-10-34(48)49/h11-12,21,23,25,27,29,31,38,40-41,45H,3,5-10,13-20,22H2,1-2,4H3,(H,39,51)(H,42,47)(H,43,46)(H,44,50)(H,48,49)(H,52,53)/t23-,25+,27+,29+,31+/m0/s1. The first-order chi connectivity index (χ1) is 25.2. The van der Waals surface area contributed by atoms with E-state index in [9.17, 15) is 39.0 Å². The van der Waals surface area contributed by atoms with Crippen LogP contribution in [0.4, 0.5) is 0 Å². The molecule has 0 bridgehead atoms. The second kappa shape index (κ2) is 23.9. The second-order valence-electron chi connectivity index (χ2n) is 13.6. The molecule has 0 aliphatic heterocycles. The number of carbonyl (C=O) groups excluding carboxylic acids is 4. The fraction of sp³-hybridized carbons (Fsp3) is 0.622. The number of hydrogen-bond acceptors (Lipinski definition) is 9. The third-order valence-corrected chi connectivity index (χ3v) is 8.87. The maximum absolute atomic E-state index is 14.0. The van der Waals surface area contributed by atoms with E-state index in [-0.39, 0.29) is 51.7 Å². The molecule has 16 heteroatoms. The van der Waals surface area contributed by atoms with Crippen LogP contribution < -0.4 is 31.9 Å². The van der Waals surface area contributed by atoms with Crippen molar-refractivity contribution in [2.45, 2.75) is 103 Å². The lowest BCUT2D eigenvalue weighted by molar-refractivity contribution is -0.142. The normalized spacial score (nSPS) is 15.7. The van der Waals surface area contributed by atoms with E-state index in [2.05, 4.69) is 63.4 Å². The lowest BCUT2D eigenvalue weighted by Gasteiger charge is -2.25. The van der Waals surface area contributed by atoms with E-state index in [4.69, 9.17) is 5.11 Å². The highest BCUT2D eigenvalue weighted by Crippen LogP contribution is 2.26. The van der Waals surface area contributed by atoms with Gasteiger partial charge in [0.1, 0.15) is 18.3 Å². The Labute approximate surface area is 311 Å². The maximum atomic E-state index is 14.0. The van der Waals surface area contributed by atoms with Crippen LogP contribution in [0.1, 0.15) is 89.0 Å². The smallest absolute Gasteiger partial charge is 0.326 e. The number of aliphatic hydroxyl groups is 1. The van der Waals surface area contributed by atoms with Crippen molar-refractivity contribution in [2.24, 2.45) is 11.8 Å². The van der Waals surface area contributed by atoms with E-state index in [1.165, 1.54) is 6.92 Å². The summed E-state index contributed by atoms with van der Waals surface area (Å²) in [7, 11) is 0. The van der Waals surface area contributed by atoms with Gasteiger partial charge in [-0.15, -0.1) is 0 Å². The van der Waals surface area contributed by atoms with Crippen molar-refractivity contribution in [2.75, 3.05) is 32.7 Å². The number of fused-ring (bicyclic) bond motifs is 1. The highest BCUT2D eigenvalue weighted by molar-refractivity contribution is 5.90. The number of aromatic amines is 1. The van der Waals surface area contributed by atoms with Crippen molar-refractivity contribution in [3.63, 3.8) is 0 Å². The summed E-state index contributed by atoms with van der Waals surface area (Å²) in [6, 6.07) is -2.39. The Hall–Kier alpha value is -4.54. The van der Waals surface area contributed by atoms with Gasteiger partial charge in [-0.3, -0.25) is 29.3 Å². The topological polar surface area (TPSA) is 251 Å². The first kappa shape index (κ1) is 44.6. The van der Waals surface area contributed by atoms with Gasteiger partial charge in [-0.05, 0) is 74.7 Å². The number of rotatable bonds is 27. The third-order valence-electron chi connectivity index (χ3n) is 8.87. The number of carboxylic acid groups (broad SMARTS) is 2. The first-order valence-electron chi connectivity index (χ1n) is 18.5. The number of aliphatic hydroxyl groups excluding tert-OH is 1. The number of nitrogens with one attached hydrogen (secondary N) is 7. The van der Waals surface area contributed by atoms with Crippen molar-refractivity contribution in [1.82, 2.24) is 36.9 Å². The van der Waals surface area contributed by atoms with Gasteiger partial charge in [-0.2, -0.15) is 0 Å². The minimum Gasteiger partial charge on any atom is -0.481 e. The fourth-order valence-corrected chi connectivity index (χ4v) is 5.84. The molecular formula is C37H59N7O9. The van der Waals surface area contributed by atoms with Gasteiger partial charge in [0.25, 0.3) is 0 Å². The summed E-state index contributed by atoms with van der Waals surface area (Å²) in [6.45, 7) is 10.8. The molecule has 1 aromatic rings. The zero-order chi connectivity index (χ0) is 39.3. The average molecular weight is 746 g/mol. The Balaban J connectivity index is 2.21. The molecule has 0 spiro atoms. The van der Waals surface area contributed by atoms with Gasteiger partial charge >= 0.3 is 11.9 Å². The Morgan fingerprint density at radius 2 is 1.66 bits per heavy atom. The van der Waals surface area contributed by atoms with Gasteiger partial charge in [-0.1, -0.05) is 45.4 Å². The Morgan fingerprint density at radius 1 is 0.906 bits per heavy atom. The predicted octanol–water partition coefficient (Wildman–Crippen LogP) is 0.964. The molecule has 0 fully saturated rings. The highest BCUT2D eigenvalue weighted by atomic mass is 16.4. The summed E-state index contributed by atoms with van der Waals surface area (Å²) in [5.41, 5.74) is 3.20. The molecule has 10 N–H and O–H groups in total. The minimum atomic E-state index is -1.33. The SMILES string of the molecule is C=C(CNC(=O)CN[C@@H](C)O)[C@@H](CCNCCCCC)C(=O)N[C@H](Cc1c[nH]c2c1C=C[C@H](C)C2)C(=O)NCC[C@@H](NC(=O)CCCC(=O)O)C(=O)O. The zero-order valence-electron chi connectivity index (χ0n) is 31.2. The summed E-state index contributed by atoms with van der Waals surface area (Å²) in [4.78, 5) is 78.2. The largest absolute Gasteiger partial charge is 0.481 e. The van der Waals surface area contributed by atoms with Gasteiger partial charge in [0.15, 0.2) is 0 Å². The quantitative estimate of drug-likeness (QED) is 0.0345. The molecule has 0 radical (unpaired) electrons. The Kier molecular flexibility index (Phi) is 20.1. The van der Waals surface area contributed by atoms with Crippen LogP contribution in [0, 0.1) is 11.8 Å². The van der Waals surface area contributed by atoms with Gasteiger partial charge in [0.05, 0.1) is 12.5 Å². The number of carboxylic acids is 2. The van der Waals surface area contributed by atoms with Crippen LogP contribution in [0.3, 0.4) is 0 Å². The van der Waals surface area contributed by atoms with E-state index < -0.39 is 59.8 Å². The minimum absolute atomic E-state index is 0.00197. The zero-order valence-corrected chi connectivity index (χ0v) is 31.2. The summed E-state index contributed by atoms with van der Waals surface area (Å²) in [5, 5.41) is 44.5. The summed E-state index contributed by atoms with van der Waals surface area (Å²) in [6.07, 6.45) is 8.89. The van der Waals surface area contributed by atoms with Crippen molar-refractivity contribution >= 4 is 41.6 Å². The number of aromatic nitrogens is 1. The maximum Gasteiger partial charge on any atom is 0.326 e. The van der Waals surface area contributed by atoms with E-state index in [1.54, 1.807) is 0 Å². The lowest BCUT2D eigenvalue weighted by atomic mass is 9.92. The van der Waals surface area contributed by atoms with Crippen molar-refractivity contribution < 1.29 is 44.1 Å². The Morgan fingerprint density at radius 3 is 2.34 bits per heavy atom. The van der Waals surface area contributed by atoms with Gasteiger partial charge < -0.3 is 46.9 Å². The number of hydrogen-bond donors (Lipinski definition) is 10.